The highest BCUT2D eigenvalue weighted by Gasteiger charge is 2.25. The van der Waals surface area contributed by atoms with E-state index >= 15 is 0 Å². The minimum atomic E-state index is -0.839. The van der Waals surface area contributed by atoms with E-state index in [4.69, 9.17) is 5.11 Å². The smallest absolute Gasteiger partial charge is 0.348 e. The van der Waals surface area contributed by atoms with Gasteiger partial charge in [-0.1, -0.05) is 13.3 Å². The average molecular weight is 280 g/mol. The van der Waals surface area contributed by atoms with E-state index in [1.54, 1.807) is 11.5 Å². The standard InChI is InChI=1S/C15H24N2O3/c1-6-9-15(4,5)17-11(3)12(7-8-13(18)19)10(2)16-14(17)20/h6-9H2,1-5H3,(H,18,19). The zero-order valence-corrected chi connectivity index (χ0v) is 13.0. The molecular formula is C15H24N2O3. The Balaban J connectivity index is 3.36. The van der Waals surface area contributed by atoms with Crippen molar-refractivity contribution in [2.24, 2.45) is 0 Å². The van der Waals surface area contributed by atoms with Crippen LogP contribution in [0.25, 0.3) is 0 Å². The molecule has 0 unspecified atom stereocenters. The number of rotatable bonds is 6. The molecule has 112 valence electrons. The second-order valence-corrected chi connectivity index (χ2v) is 5.84. The highest BCUT2D eigenvalue weighted by molar-refractivity contribution is 5.67. The van der Waals surface area contributed by atoms with Gasteiger partial charge in [0.1, 0.15) is 0 Å². The molecule has 5 nitrogen and oxygen atoms in total. The third-order valence-corrected chi connectivity index (χ3v) is 3.72. The first-order chi connectivity index (χ1) is 9.20. The fourth-order valence-corrected chi connectivity index (χ4v) is 2.83. The largest absolute Gasteiger partial charge is 0.481 e. The van der Waals surface area contributed by atoms with E-state index < -0.39 is 5.97 Å². The topological polar surface area (TPSA) is 72.2 Å². The minimum Gasteiger partial charge on any atom is -0.481 e. The Bertz CT molecular complexity index is 559. The molecule has 1 rings (SSSR count). The lowest BCUT2D eigenvalue weighted by Crippen LogP contribution is -2.40. The maximum Gasteiger partial charge on any atom is 0.348 e. The summed E-state index contributed by atoms with van der Waals surface area (Å²) in [6, 6.07) is 0. The predicted molar refractivity (Wildman–Crippen MR) is 78.2 cm³/mol. The number of carboxylic acid groups (broad SMARTS) is 1. The summed E-state index contributed by atoms with van der Waals surface area (Å²) in [6.07, 6.45) is 2.30. The zero-order valence-electron chi connectivity index (χ0n) is 13.0. The third kappa shape index (κ3) is 3.46. The Morgan fingerprint density at radius 3 is 2.45 bits per heavy atom. The summed E-state index contributed by atoms with van der Waals surface area (Å²) in [5.41, 5.74) is 1.78. The summed E-state index contributed by atoms with van der Waals surface area (Å²) >= 11 is 0. The van der Waals surface area contributed by atoms with Crippen LogP contribution in [0.1, 0.15) is 57.0 Å². The van der Waals surface area contributed by atoms with Gasteiger partial charge in [-0.25, -0.2) is 4.79 Å². The first kappa shape index (κ1) is 16.4. The number of carbonyl (C=O) groups is 1. The summed E-state index contributed by atoms with van der Waals surface area (Å²) < 4.78 is 1.71. The van der Waals surface area contributed by atoms with Gasteiger partial charge >= 0.3 is 11.7 Å². The lowest BCUT2D eigenvalue weighted by Gasteiger charge is -2.30. The van der Waals surface area contributed by atoms with E-state index in [2.05, 4.69) is 11.9 Å². The van der Waals surface area contributed by atoms with Gasteiger partial charge in [-0.2, -0.15) is 4.98 Å². The molecule has 0 saturated carbocycles. The molecule has 0 radical (unpaired) electrons. The van der Waals surface area contributed by atoms with Crippen LogP contribution >= 0.6 is 0 Å². The molecule has 0 aliphatic carbocycles. The van der Waals surface area contributed by atoms with Crippen LogP contribution in [-0.2, 0) is 16.8 Å². The fourth-order valence-electron chi connectivity index (χ4n) is 2.83. The molecule has 0 fully saturated rings. The number of aryl methyl sites for hydroxylation is 1. The molecule has 5 heteroatoms. The van der Waals surface area contributed by atoms with Crippen molar-refractivity contribution in [2.45, 2.75) is 65.8 Å². The quantitative estimate of drug-likeness (QED) is 0.868. The van der Waals surface area contributed by atoms with Crippen molar-refractivity contribution >= 4 is 5.97 Å². The van der Waals surface area contributed by atoms with Crippen molar-refractivity contribution in [3.63, 3.8) is 0 Å². The number of hydrogen-bond donors (Lipinski definition) is 1. The van der Waals surface area contributed by atoms with Crippen LogP contribution in [0.15, 0.2) is 4.79 Å². The molecule has 0 spiro atoms. The summed E-state index contributed by atoms with van der Waals surface area (Å²) in [4.78, 5) is 27.0. The van der Waals surface area contributed by atoms with Gasteiger partial charge in [-0.15, -0.1) is 0 Å². The molecule has 1 N–H and O–H groups in total. The number of aromatic nitrogens is 2. The van der Waals surface area contributed by atoms with Crippen LogP contribution in [0.3, 0.4) is 0 Å². The zero-order chi connectivity index (χ0) is 15.5. The number of hydrogen-bond acceptors (Lipinski definition) is 3. The Labute approximate surface area is 119 Å². The van der Waals surface area contributed by atoms with E-state index in [0.717, 1.165) is 24.1 Å². The molecule has 0 aromatic carbocycles. The van der Waals surface area contributed by atoms with Crippen LogP contribution in [-0.4, -0.2) is 20.6 Å². The minimum absolute atomic E-state index is 0.0514. The monoisotopic (exact) mass is 280 g/mol. The SMILES string of the molecule is CCCC(C)(C)n1c(C)c(CCC(=O)O)c(C)nc1=O. The number of nitrogens with zero attached hydrogens (tertiary/aromatic N) is 2. The van der Waals surface area contributed by atoms with Crippen molar-refractivity contribution in [1.29, 1.82) is 0 Å². The van der Waals surface area contributed by atoms with Crippen molar-refractivity contribution in [3.8, 4) is 0 Å². The maximum absolute atomic E-state index is 12.2. The molecule has 1 aromatic heterocycles. The summed E-state index contributed by atoms with van der Waals surface area (Å²) in [7, 11) is 0. The summed E-state index contributed by atoms with van der Waals surface area (Å²) in [6.45, 7) is 9.76. The highest BCUT2D eigenvalue weighted by Crippen LogP contribution is 2.23. The molecule has 0 saturated heterocycles. The first-order valence-electron chi connectivity index (χ1n) is 7.02. The van der Waals surface area contributed by atoms with Gasteiger partial charge in [0.15, 0.2) is 0 Å². The average Bonchev–Trinajstić information content (AvgIpc) is 2.26. The second-order valence-electron chi connectivity index (χ2n) is 5.84. The summed E-state index contributed by atoms with van der Waals surface area (Å²) in [5.74, 6) is -0.839. The Hall–Kier alpha value is -1.65. The van der Waals surface area contributed by atoms with Crippen LogP contribution < -0.4 is 5.69 Å². The molecule has 0 atom stereocenters. The van der Waals surface area contributed by atoms with Crippen LogP contribution in [0, 0.1) is 13.8 Å². The first-order valence-corrected chi connectivity index (χ1v) is 7.02. The van der Waals surface area contributed by atoms with Crippen molar-refractivity contribution in [2.75, 3.05) is 0 Å². The van der Waals surface area contributed by atoms with E-state index in [1.165, 1.54) is 0 Å². The molecule has 0 amide bonds. The molecule has 20 heavy (non-hydrogen) atoms. The van der Waals surface area contributed by atoms with E-state index in [0.29, 0.717) is 12.1 Å². The highest BCUT2D eigenvalue weighted by atomic mass is 16.4. The molecule has 1 aromatic rings. The van der Waals surface area contributed by atoms with Gasteiger partial charge in [-0.3, -0.25) is 9.36 Å². The predicted octanol–water partition coefficient (Wildman–Crippen LogP) is 2.41. The molecule has 0 aliphatic heterocycles. The normalized spacial score (nSPS) is 11.7. The van der Waals surface area contributed by atoms with Gasteiger partial charge in [-0.05, 0) is 46.1 Å². The molecule has 1 heterocycles. The van der Waals surface area contributed by atoms with Crippen LogP contribution in [0.4, 0.5) is 0 Å². The van der Waals surface area contributed by atoms with Crippen molar-refractivity contribution in [1.82, 2.24) is 9.55 Å². The van der Waals surface area contributed by atoms with E-state index in [1.807, 2.05) is 20.8 Å². The van der Waals surface area contributed by atoms with Gasteiger partial charge in [0.05, 0.1) is 0 Å². The maximum atomic E-state index is 12.2. The summed E-state index contributed by atoms with van der Waals surface area (Å²) in [5, 5.41) is 8.84. The lowest BCUT2D eigenvalue weighted by atomic mass is 9.96. The van der Waals surface area contributed by atoms with Crippen molar-refractivity contribution in [3.05, 3.63) is 27.4 Å². The van der Waals surface area contributed by atoms with Gasteiger partial charge in [0, 0.05) is 23.3 Å². The second kappa shape index (κ2) is 6.20. The van der Waals surface area contributed by atoms with Crippen LogP contribution in [0.2, 0.25) is 0 Å². The van der Waals surface area contributed by atoms with Gasteiger partial charge in [0.25, 0.3) is 0 Å². The number of aliphatic carboxylic acids is 1. The Kier molecular flexibility index (Phi) is 5.09. The molecular weight excluding hydrogens is 256 g/mol. The molecule has 0 aliphatic rings. The molecule has 0 bridgehead atoms. The van der Waals surface area contributed by atoms with E-state index in [-0.39, 0.29) is 17.6 Å². The van der Waals surface area contributed by atoms with E-state index in [9.17, 15) is 9.59 Å². The van der Waals surface area contributed by atoms with Gasteiger partial charge < -0.3 is 5.11 Å². The lowest BCUT2D eigenvalue weighted by molar-refractivity contribution is -0.136. The fraction of sp³-hybridized carbons (Fsp3) is 0.667. The number of carboxylic acids is 1. The van der Waals surface area contributed by atoms with Crippen LogP contribution in [0.5, 0.6) is 0 Å². The van der Waals surface area contributed by atoms with Gasteiger partial charge in [0.2, 0.25) is 0 Å². The third-order valence-electron chi connectivity index (χ3n) is 3.72. The Morgan fingerprint density at radius 1 is 1.35 bits per heavy atom. The van der Waals surface area contributed by atoms with Crippen molar-refractivity contribution < 1.29 is 9.90 Å². The Morgan fingerprint density at radius 2 is 1.95 bits per heavy atom.